The minimum atomic E-state index is -0.0106. The summed E-state index contributed by atoms with van der Waals surface area (Å²) in [5.74, 6) is 0. The number of fused-ring (bicyclic) bond motifs is 1. The molecule has 0 saturated carbocycles. The first-order valence-electron chi connectivity index (χ1n) is 7.57. The molecule has 19 heavy (non-hydrogen) atoms. The Labute approximate surface area is 116 Å². The Bertz CT molecular complexity index is 437. The molecule has 0 bridgehead atoms. The maximum Gasteiger partial charge on any atom is 0.0951 e. The highest BCUT2D eigenvalue weighted by Gasteiger charge is 2.34. The van der Waals surface area contributed by atoms with Gasteiger partial charge in [-0.25, -0.2) is 4.98 Å². The molecule has 106 valence electrons. The van der Waals surface area contributed by atoms with Crippen molar-refractivity contribution in [2.24, 2.45) is 0 Å². The second kappa shape index (κ2) is 4.91. The Morgan fingerprint density at radius 1 is 1.26 bits per heavy atom. The number of piperidine rings is 1. The summed E-state index contributed by atoms with van der Waals surface area (Å²) in [4.78, 5) is 7.08. The first-order chi connectivity index (χ1) is 9.12. The first kappa shape index (κ1) is 13.1. The van der Waals surface area contributed by atoms with Crippen LogP contribution >= 0.6 is 0 Å². The van der Waals surface area contributed by atoms with Gasteiger partial charge in [-0.2, -0.15) is 0 Å². The number of rotatable bonds is 3. The summed E-state index contributed by atoms with van der Waals surface area (Å²) in [7, 11) is 2.02. The highest BCUT2D eigenvalue weighted by Crippen LogP contribution is 2.35. The van der Waals surface area contributed by atoms with Crippen molar-refractivity contribution in [2.75, 3.05) is 20.1 Å². The summed E-state index contributed by atoms with van der Waals surface area (Å²) >= 11 is 0. The van der Waals surface area contributed by atoms with Crippen molar-refractivity contribution in [1.82, 2.24) is 19.8 Å². The second-order valence-corrected chi connectivity index (χ2v) is 6.57. The lowest BCUT2D eigenvalue weighted by molar-refractivity contribution is 0.151. The van der Waals surface area contributed by atoms with E-state index in [0.29, 0.717) is 6.04 Å². The topological polar surface area (TPSA) is 33.1 Å². The lowest BCUT2D eigenvalue weighted by Gasteiger charge is -2.37. The zero-order valence-corrected chi connectivity index (χ0v) is 12.4. The maximum atomic E-state index is 4.41. The Morgan fingerprint density at radius 2 is 2.11 bits per heavy atom. The average molecular weight is 262 g/mol. The van der Waals surface area contributed by atoms with Crippen LogP contribution in [0.15, 0.2) is 12.5 Å². The fourth-order valence-corrected chi connectivity index (χ4v) is 3.66. The molecule has 1 aromatic rings. The molecule has 0 aromatic carbocycles. The predicted octanol–water partition coefficient (Wildman–Crippen LogP) is 2.14. The molecule has 2 atom stereocenters. The molecule has 2 fully saturated rings. The standard InChI is InChI=1S/C15H26N4/c1-15(2,16-3)14-10-17-11-19(14)13-6-8-18-7-4-5-12(18)9-13/h10-13,16H,4-9H2,1-3H3. The molecule has 1 N–H and O–H groups in total. The zero-order chi connectivity index (χ0) is 13.5. The number of aromatic nitrogens is 2. The third-order valence-electron chi connectivity index (χ3n) is 5.12. The summed E-state index contributed by atoms with van der Waals surface area (Å²) in [6, 6.07) is 1.44. The van der Waals surface area contributed by atoms with E-state index < -0.39 is 0 Å². The van der Waals surface area contributed by atoms with E-state index in [0.717, 1.165) is 6.04 Å². The van der Waals surface area contributed by atoms with Gasteiger partial charge < -0.3 is 14.8 Å². The molecule has 0 spiro atoms. The van der Waals surface area contributed by atoms with Crippen LogP contribution in [0.3, 0.4) is 0 Å². The lowest BCUT2D eigenvalue weighted by atomic mass is 9.95. The van der Waals surface area contributed by atoms with Crippen LogP contribution in [0.5, 0.6) is 0 Å². The Balaban J connectivity index is 1.81. The van der Waals surface area contributed by atoms with Crippen molar-refractivity contribution in [1.29, 1.82) is 0 Å². The van der Waals surface area contributed by atoms with Crippen LogP contribution in [0.1, 0.15) is 51.3 Å². The molecule has 2 aliphatic heterocycles. The molecule has 0 aliphatic carbocycles. The largest absolute Gasteiger partial charge is 0.330 e. The maximum absolute atomic E-state index is 4.41. The van der Waals surface area contributed by atoms with Crippen molar-refractivity contribution >= 4 is 0 Å². The van der Waals surface area contributed by atoms with E-state index >= 15 is 0 Å². The Kier molecular flexibility index (Phi) is 3.39. The van der Waals surface area contributed by atoms with E-state index in [1.165, 1.54) is 44.5 Å². The Morgan fingerprint density at radius 3 is 2.89 bits per heavy atom. The Hall–Kier alpha value is -0.870. The average Bonchev–Trinajstić information content (AvgIpc) is 3.06. The van der Waals surface area contributed by atoms with Gasteiger partial charge in [0, 0.05) is 18.6 Å². The van der Waals surface area contributed by atoms with Gasteiger partial charge in [-0.3, -0.25) is 0 Å². The summed E-state index contributed by atoms with van der Waals surface area (Å²) in [6.45, 7) is 7.03. The van der Waals surface area contributed by atoms with Gasteiger partial charge in [-0.05, 0) is 53.1 Å². The molecule has 1 aromatic heterocycles. The van der Waals surface area contributed by atoms with Crippen LogP contribution in [0, 0.1) is 0 Å². The molecule has 4 nitrogen and oxygen atoms in total. The van der Waals surface area contributed by atoms with Gasteiger partial charge in [0.1, 0.15) is 0 Å². The number of nitrogens with one attached hydrogen (secondary N) is 1. The van der Waals surface area contributed by atoms with E-state index in [4.69, 9.17) is 0 Å². The van der Waals surface area contributed by atoms with Crippen LogP contribution in [-0.2, 0) is 5.54 Å². The molecule has 4 heteroatoms. The number of hydrogen-bond donors (Lipinski definition) is 1. The van der Waals surface area contributed by atoms with Crippen LogP contribution in [0.4, 0.5) is 0 Å². The van der Waals surface area contributed by atoms with Crippen molar-refractivity contribution in [3.63, 3.8) is 0 Å². The van der Waals surface area contributed by atoms with Crippen molar-refractivity contribution in [3.8, 4) is 0 Å². The van der Waals surface area contributed by atoms with Crippen LogP contribution in [0.25, 0.3) is 0 Å². The van der Waals surface area contributed by atoms with Crippen molar-refractivity contribution < 1.29 is 0 Å². The molecule has 2 saturated heterocycles. The molecule has 3 rings (SSSR count). The predicted molar refractivity (Wildman–Crippen MR) is 77.2 cm³/mol. The fraction of sp³-hybridized carbons (Fsp3) is 0.800. The van der Waals surface area contributed by atoms with Gasteiger partial charge in [0.2, 0.25) is 0 Å². The molecule has 2 unspecified atom stereocenters. The third kappa shape index (κ3) is 2.32. The number of hydrogen-bond acceptors (Lipinski definition) is 3. The SMILES string of the molecule is CNC(C)(C)c1cncn1C1CCN2CCCC2C1. The van der Waals surface area contributed by atoms with Crippen LogP contribution in [0.2, 0.25) is 0 Å². The summed E-state index contributed by atoms with van der Waals surface area (Å²) in [6.07, 6.45) is 9.39. The second-order valence-electron chi connectivity index (χ2n) is 6.57. The van der Waals surface area contributed by atoms with E-state index in [2.05, 4.69) is 33.6 Å². The van der Waals surface area contributed by atoms with E-state index in [9.17, 15) is 0 Å². The van der Waals surface area contributed by atoms with Gasteiger partial charge in [-0.1, -0.05) is 0 Å². The fourth-order valence-electron chi connectivity index (χ4n) is 3.66. The van der Waals surface area contributed by atoms with Crippen LogP contribution < -0.4 is 5.32 Å². The van der Waals surface area contributed by atoms with Crippen molar-refractivity contribution in [2.45, 2.75) is 57.2 Å². The van der Waals surface area contributed by atoms with Gasteiger partial charge in [0.15, 0.2) is 0 Å². The van der Waals surface area contributed by atoms with Gasteiger partial charge in [0.25, 0.3) is 0 Å². The monoisotopic (exact) mass is 262 g/mol. The summed E-state index contributed by atoms with van der Waals surface area (Å²) < 4.78 is 2.42. The summed E-state index contributed by atoms with van der Waals surface area (Å²) in [5, 5.41) is 3.40. The van der Waals surface area contributed by atoms with Gasteiger partial charge >= 0.3 is 0 Å². The molecular weight excluding hydrogens is 236 g/mol. The number of nitrogens with zero attached hydrogens (tertiary/aromatic N) is 3. The quantitative estimate of drug-likeness (QED) is 0.906. The minimum Gasteiger partial charge on any atom is -0.330 e. The molecule has 0 amide bonds. The van der Waals surface area contributed by atoms with E-state index in [1.54, 1.807) is 0 Å². The minimum absolute atomic E-state index is 0.0106. The highest BCUT2D eigenvalue weighted by molar-refractivity contribution is 5.12. The summed E-state index contributed by atoms with van der Waals surface area (Å²) in [5.41, 5.74) is 1.30. The number of imidazole rings is 1. The third-order valence-corrected chi connectivity index (χ3v) is 5.12. The normalized spacial score (nSPS) is 28.6. The molecule has 3 heterocycles. The molecular formula is C15H26N4. The molecule has 0 radical (unpaired) electrons. The smallest absolute Gasteiger partial charge is 0.0951 e. The highest BCUT2D eigenvalue weighted by atomic mass is 15.2. The zero-order valence-electron chi connectivity index (χ0n) is 12.4. The lowest BCUT2D eigenvalue weighted by Crippen LogP contribution is -2.41. The van der Waals surface area contributed by atoms with E-state index in [1.807, 2.05) is 19.6 Å². The van der Waals surface area contributed by atoms with Gasteiger partial charge in [0.05, 0.1) is 23.8 Å². The van der Waals surface area contributed by atoms with Crippen molar-refractivity contribution in [3.05, 3.63) is 18.2 Å². The van der Waals surface area contributed by atoms with Gasteiger partial charge in [-0.15, -0.1) is 0 Å². The molecule has 2 aliphatic rings. The first-order valence-corrected chi connectivity index (χ1v) is 7.57. The van der Waals surface area contributed by atoms with Crippen LogP contribution in [-0.4, -0.2) is 40.6 Å². The van der Waals surface area contributed by atoms with E-state index in [-0.39, 0.29) is 5.54 Å².